The van der Waals surface area contributed by atoms with E-state index in [1.807, 2.05) is 12.1 Å². The van der Waals surface area contributed by atoms with Gasteiger partial charge in [-0.1, -0.05) is 6.07 Å². The fraction of sp³-hybridized carbons (Fsp3) is 0.619. The quantitative estimate of drug-likeness (QED) is 0.634. The molecule has 26 heavy (non-hydrogen) atoms. The van der Waals surface area contributed by atoms with Gasteiger partial charge in [0.05, 0.1) is 5.41 Å². The van der Waals surface area contributed by atoms with Crippen LogP contribution in [0.15, 0.2) is 18.2 Å². The van der Waals surface area contributed by atoms with Crippen LogP contribution in [0.2, 0.25) is 0 Å². The van der Waals surface area contributed by atoms with Gasteiger partial charge in [0.15, 0.2) is 0 Å². The largest absolute Gasteiger partial charge is 0.338 e. The summed E-state index contributed by atoms with van der Waals surface area (Å²) in [6.45, 7) is 1.38. The number of fused-ring (bicyclic) bond motifs is 1. The second-order valence-electron chi connectivity index (χ2n) is 9.10. The standard InChI is InChI=1S/C21H26N2O3/c24-19(22-26)17-1-2-18-12-23(4-3-16(18)8-17)20(25)21-9-13-5-14(10-21)7-15(6-13)11-21/h1-2,8,13-15,26H,3-7,9-12H2,(H,22,24). The molecule has 0 radical (unpaired) electrons. The molecule has 138 valence electrons. The Morgan fingerprint density at radius 2 is 1.69 bits per heavy atom. The number of amides is 2. The van der Waals surface area contributed by atoms with Gasteiger partial charge in [0.1, 0.15) is 0 Å². The second-order valence-corrected chi connectivity index (χ2v) is 9.10. The summed E-state index contributed by atoms with van der Waals surface area (Å²) >= 11 is 0. The van der Waals surface area contributed by atoms with Crippen LogP contribution in [0.3, 0.4) is 0 Å². The third-order valence-electron chi connectivity index (χ3n) is 7.36. The lowest BCUT2D eigenvalue weighted by atomic mass is 9.49. The Balaban J connectivity index is 1.36. The molecule has 4 aliphatic carbocycles. The van der Waals surface area contributed by atoms with Gasteiger partial charge in [-0.2, -0.15) is 0 Å². The number of hydrogen-bond acceptors (Lipinski definition) is 3. The lowest BCUT2D eigenvalue weighted by Crippen LogP contribution is -2.55. The van der Waals surface area contributed by atoms with Gasteiger partial charge in [-0.25, -0.2) is 5.48 Å². The molecule has 5 nitrogen and oxygen atoms in total. The minimum atomic E-state index is -0.486. The summed E-state index contributed by atoms with van der Waals surface area (Å²) in [6.07, 6.45) is 8.16. The number of hydroxylamine groups is 1. The average Bonchev–Trinajstić information content (AvgIpc) is 2.65. The van der Waals surface area contributed by atoms with E-state index in [9.17, 15) is 9.59 Å². The Labute approximate surface area is 153 Å². The summed E-state index contributed by atoms with van der Waals surface area (Å²) in [5.41, 5.74) is 4.31. The number of carbonyl (C=O) groups is 2. The van der Waals surface area contributed by atoms with Gasteiger partial charge in [0.25, 0.3) is 5.91 Å². The summed E-state index contributed by atoms with van der Waals surface area (Å²) < 4.78 is 0. The summed E-state index contributed by atoms with van der Waals surface area (Å²) in [6, 6.07) is 5.50. The van der Waals surface area contributed by atoms with Crippen molar-refractivity contribution in [3.63, 3.8) is 0 Å². The van der Waals surface area contributed by atoms with Crippen LogP contribution >= 0.6 is 0 Å². The Hall–Kier alpha value is -1.88. The highest BCUT2D eigenvalue weighted by Crippen LogP contribution is 2.60. The fourth-order valence-electron chi connectivity index (χ4n) is 6.64. The van der Waals surface area contributed by atoms with E-state index in [1.165, 1.54) is 19.3 Å². The van der Waals surface area contributed by atoms with Crippen molar-refractivity contribution in [1.82, 2.24) is 10.4 Å². The maximum absolute atomic E-state index is 13.5. The Morgan fingerprint density at radius 1 is 1.04 bits per heavy atom. The van der Waals surface area contributed by atoms with E-state index in [0.29, 0.717) is 18.0 Å². The van der Waals surface area contributed by atoms with Crippen molar-refractivity contribution in [1.29, 1.82) is 0 Å². The SMILES string of the molecule is O=C(NO)c1ccc2c(c1)CCN(C(=O)C13CC4CC(CC(C4)C1)C3)C2. The van der Waals surface area contributed by atoms with Crippen LogP contribution in [-0.4, -0.2) is 28.5 Å². The first-order valence-electron chi connectivity index (χ1n) is 9.92. The molecule has 4 bridgehead atoms. The van der Waals surface area contributed by atoms with E-state index in [0.717, 1.165) is 61.1 Å². The molecule has 4 saturated carbocycles. The Kier molecular flexibility index (Phi) is 3.64. The molecule has 1 aliphatic heterocycles. The lowest BCUT2D eigenvalue weighted by Gasteiger charge is -2.56. The molecule has 0 unspecified atom stereocenters. The maximum Gasteiger partial charge on any atom is 0.274 e. The van der Waals surface area contributed by atoms with E-state index < -0.39 is 5.91 Å². The van der Waals surface area contributed by atoms with Crippen LogP contribution in [0.5, 0.6) is 0 Å². The number of carbonyl (C=O) groups excluding carboxylic acids is 2. The molecule has 1 aromatic rings. The zero-order valence-electron chi connectivity index (χ0n) is 15.0. The molecule has 1 aromatic carbocycles. The monoisotopic (exact) mass is 354 g/mol. The molecule has 2 N–H and O–H groups in total. The highest BCUT2D eigenvalue weighted by molar-refractivity contribution is 5.93. The van der Waals surface area contributed by atoms with Gasteiger partial charge in [0, 0.05) is 18.7 Å². The summed E-state index contributed by atoms with van der Waals surface area (Å²) in [5, 5.41) is 8.81. The number of benzene rings is 1. The highest BCUT2D eigenvalue weighted by Gasteiger charge is 2.55. The number of nitrogens with zero attached hydrogens (tertiary/aromatic N) is 1. The topological polar surface area (TPSA) is 69.6 Å². The third-order valence-corrected chi connectivity index (χ3v) is 7.36. The smallest absolute Gasteiger partial charge is 0.274 e. The molecule has 2 amide bonds. The van der Waals surface area contributed by atoms with Crippen LogP contribution in [0, 0.1) is 23.2 Å². The van der Waals surface area contributed by atoms with Gasteiger partial charge in [-0.3, -0.25) is 14.8 Å². The Bertz CT molecular complexity index is 737. The minimum absolute atomic E-state index is 0.0804. The van der Waals surface area contributed by atoms with E-state index in [-0.39, 0.29) is 5.41 Å². The van der Waals surface area contributed by atoms with Crippen molar-refractivity contribution < 1.29 is 14.8 Å². The van der Waals surface area contributed by atoms with Crippen molar-refractivity contribution in [2.45, 2.75) is 51.5 Å². The molecule has 6 rings (SSSR count). The van der Waals surface area contributed by atoms with Gasteiger partial charge in [-0.15, -0.1) is 0 Å². The van der Waals surface area contributed by atoms with Crippen molar-refractivity contribution in [3.8, 4) is 0 Å². The molecule has 5 heteroatoms. The number of nitrogens with one attached hydrogen (secondary N) is 1. The number of rotatable bonds is 2. The molecule has 1 heterocycles. The zero-order valence-corrected chi connectivity index (χ0v) is 15.0. The van der Waals surface area contributed by atoms with Gasteiger partial charge >= 0.3 is 0 Å². The summed E-state index contributed by atoms with van der Waals surface area (Å²) in [4.78, 5) is 27.2. The van der Waals surface area contributed by atoms with Crippen molar-refractivity contribution in [2.24, 2.45) is 23.2 Å². The fourth-order valence-corrected chi connectivity index (χ4v) is 6.64. The molecule has 5 aliphatic rings. The van der Waals surface area contributed by atoms with E-state index in [2.05, 4.69) is 4.90 Å². The Morgan fingerprint density at radius 3 is 2.31 bits per heavy atom. The normalized spacial score (nSPS) is 34.5. The molecule has 0 saturated heterocycles. The minimum Gasteiger partial charge on any atom is -0.338 e. The van der Waals surface area contributed by atoms with Crippen LogP contribution in [-0.2, 0) is 17.8 Å². The predicted molar refractivity (Wildman–Crippen MR) is 95.4 cm³/mol. The highest BCUT2D eigenvalue weighted by atomic mass is 16.5. The first-order valence-corrected chi connectivity index (χ1v) is 9.92. The molecular weight excluding hydrogens is 328 g/mol. The molecule has 0 atom stereocenters. The number of hydrogen-bond donors (Lipinski definition) is 2. The average molecular weight is 354 g/mol. The van der Waals surface area contributed by atoms with Crippen molar-refractivity contribution in [2.75, 3.05) is 6.54 Å². The lowest BCUT2D eigenvalue weighted by molar-refractivity contribution is -0.158. The van der Waals surface area contributed by atoms with E-state index in [1.54, 1.807) is 11.5 Å². The molecular formula is C21H26N2O3. The van der Waals surface area contributed by atoms with Gasteiger partial charge in [0.2, 0.25) is 5.91 Å². The second kappa shape index (κ2) is 5.81. The van der Waals surface area contributed by atoms with Crippen LogP contribution in [0.25, 0.3) is 0 Å². The third kappa shape index (κ3) is 2.48. The predicted octanol–water partition coefficient (Wildman–Crippen LogP) is 2.91. The molecule has 0 aromatic heterocycles. The van der Waals surface area contributed by atoms with Gasteiger partial charge in [-0.05, 0) is 86.0 Å². The van der Waals surface area contributed by atoms with E-state index in [4.69, 9.17) is 5.21 Å². The summed E-state index contributed by atoms with van der Waals surface area (Å²) in [5.74, 6) is 2.24. The maximum atomic E-state index is 13.5. The van der Waals surface area contributed by atoms with Crippen molar-refractivity contribution >= 4 is 11.8 Å². The molecule has 0 spiro atoms. The first-order chi connectivity index (χ1) is 12.6. The van der Waals surface area contributed by atoms with Crippen LogP contribution in [0.1, 0.15) is 60.0 Å². The first kappa shape index (κ1) is 16.3. The molecule has 4 fully saturated rings. The van der Waals surface area contributed by atoms with Crippen LogP contribution in [0.4, 0.5) is 0 Å². The van der Waals surface area contributed by atoms with E-state index >= 15 is 0 Å². The van der Waals surface area contributed by atoms with Crippen LogP contribution < -0.4 is 5.48 Å². The zero-order chi connectivity index (χ0) is 17.9. The van der Waals surface area contributed by atoms with Gasteiger partial charge < -0.3 is 4.90 Å². The van der Waals surface area contributed by atoms with Crippen molar-refractivity contribution in [3.05, 3.63) is 34.9 Å². The summed E-state index contributed by atoms with van der Waals surface area (Å²) in [7, 11) is 0.